The Balaban J connectivity index is 0.00000196. The van der Waals surface area contributed by atoms with Crippen LogP contribution in [0.15, 0.2) is 23.6 Å². The number of hydrogen-bond acceptors (Lipinski definition) is 3. The minimum atomic E-state index is -4.83. The SMILES string of the molecule is O=C(/C=C(/S)c1cccs1)C(F)(F)F.[Cu+2]. The summed E-state index contributed by atoms with van der Waals surface area (Å²) in [5.74, 6) is -1.89. The minimum Gasteiger partial charge on any atom is -0.285 e. The van der Waals surface area contributed by atoms with Crippen molar-refractivity contribution in [1.82, 2.24) is 0 Å². The third-order valence-electron chi connectivity index (χ3n) is 1.32. The van der Waals surface area contributed by atoms with E-state index in [0.29, 0.717) is 11.0 Å². The summed E-state index contributed by atoms with van der Waals surface area (Å²) in [5, 5.41) is 1.69. The van der Waals surface area contributed by atoms with Gasteiger partial charge in [-0.2, -0.15) is 13.2 Å². The molecule has 0 bridgehead atoms. The molecule has 0 saturated carbocycles. The fraction of sp³-hybridized carbons (Fsp3) is 0.125. The van der Waals surface area contributed by atoms with E-state index in [2.05, 4.69) is 12.6 Å². The van der Waals surface area contributed by atoms with E-state index in [4.69, 9.17) is 0 Å². The first-order valence-corrected chi connectivity index (χ1v) is 4.79. The van der Waals surface area contributed by atoms with E-state index in [1.54, 1.807) is 17.5 Å². The molecule has 0 aromatic carbocycles. The van der Waals surface area contributed by atoms with Gasteiger partial charge in [-0.25, -0.2) is 0 Å². The number of ketones is 1. The topological polar surface area (TPSA) is 17.1 Å². The molecule has 15 heavy (non-hydrogen) atoms. The normalized spacial score (nSPS) is 12.1. The van der Waals surface area contributed by atoms with Crippen molar-refractivity contribution in [2.45, 2.75) is 6.18 Å². The molecule has 0 N–H and O–H groups in total. The van der Waals surface area contributed by atoms with Crippen LogP contribution in [0.2, 0.25) is 0 Å². The van der Waals surface area contributed by atoms with Crippen molar-refractivity contribution in [2.75, 3.05) is 0 Å². The largest absolute Gasteiger partial charge is 2.00 e. The molecule has 1 rings (SSSR count). The monoisotopic (exact) mass is 301 g/mol. The second kappa shape index (κ2) is 5.74. The Morgan fingerprint density at radius 3 is 2.47 bits per heavy atom. The van der Waals surface area contributed by atoms with Crippen LogP contribution in [0.25, 0.3) is 4.91 Å². The van der Waals surface area contributed by atoms with Gasteiger partial charge in [0.25, 0.3) is 5.78 Å². The third kappa shape index (κ3) is 4.42. The maximum absolute atomic E-state index is 11.8. The molecular weight excluding hydrogens is 297 g/mol. The maximum Gasteiger partial charge on any atom is 2.00 e. The van der Waals surface area contributed by atoms with Gasteiger partial charge in [0.15, 0.2) is 0 Å². The number of rotatable bonds is 2. The molecular formula is C8H5CuF3OS2+2. The van der Waals surface area contributed by atoms with Crippen LogP contribution in [0.3, 0.4) is 0 Å². The number of carbonyl (C=O) groups is 1. The molecule has 1 aromatic rings. The Morgan fingerprint density at radius 1 is 1.47 bits per heavy atom. The molecule has 0 saturated heterocycles. The van der Waals surface area contributed by atoms with Crippen molar-refractivity contribution >= 4 is 34.7 Å². The molecule has 1 heterocycles. The van der Waals surface area contributed by atoms with Gasteiger partial charge < -0.3 is 0 Å². The number of carbonyl (C=O) groups excluding carboxylic acids is 1. The smallest absolute Gasteiger partial charge is 0.285 e. The average Bonchev–Trinajstić information content (AvgIpc) is 2.53. The predicted octanol–water partition coefficient (Wildman–Crippen LogP) is 3.15. The Labute approximate surface area is 104 Å². The van der Waals surface area contributed by atoms with Crippen LogP contribution in [-0.4, -0.2) is 12.0 Å². The van der Waals surface area contributed by atoms with Crippen molar-refractivity contribution in [3.8, 4) is 0 Å². The van der Waals surface area contributed by atoms with E-state index in [9.17, 15) is 18.0 Å². The Morgan fingerprint density at radius 2 is 2.07 bits per heavy atom. The van der Waals surface area contributed by atoms with Gasteiger partial charge in [0.2, 0.25) is 0 Å². The van der Waals surface area contributed by atoms with E-state index in [-0.39, 0.29) is 22.0 Å². The summed E-state index contributed by atoms with van der Waals surface area (Å²) in [4.78, 5) is 11.1. The molecule has 0 aliphatic heterocycles. The van der Waals surface area contributed by atoms with Gasteiger partial charge in [-0.05, 0) is 11.4 Å². The number of allylic oxidation sites excluding steroid dienone is 1. The first-order valence-electron chi connectivity index (χ1n) is 3.47. The van der Waals surface area contributed by atoms with Crippen LogP contribution >= 0.6 is 24.0 Å². The summed E-state index contributed by atoms with van der Waals surface area (Å²) in [6.45, 7) is 0. The summed E-state index contributed by atoms with van der Waals surface area (Å²) in [7, 11) is 0. The summed E-state index contributed by atoms with van der Waals surface area (Å²) in [5.41, 5.74) is 0. The van der Waals surface area contributed by atoms with Gasteiger partial charge in [-0.3, -0.25) is 4.79 Å². The van der Waals surface area contributed by atoms with E-state index < -0.39 is 12.0 Å². The van der Waals surface area contributed by atoms with Crippen molar-refractivity contribution < 1.29 is 35.0 Å². The number of alkyl halides is 3. The van der Waals surface area contributed by atoms with E-state index in [1.165, 1.54) is 11.3 Å². The van der Waals surface area contributed by atoms with E-state index in [1.807, 2.05) is 0 Å². The molecule has 0 fully saturated rings. The van der Waals surface area contributed by atoms with Crippen LogP contribution in [0, 0.1) is 0 Å². The quantitative estimate of drug-likeness (QED) is 0.504. The van der Waals surface area contributed by atoms with Crippen molar-refractivity contribution in [3.63, 3.8) is 0 Å². The number of thiophene rings is 1. The Bertz CT molecular complexity index is 356. The van der Waals surface area contributed by atoms with Gasteiger partial charge in [-0.1, -0.05) is 6.07 Å². The number of thiol groups is 1. The third-order valence-corrected chi connectivity index (χ3v) is 2.75. The number of hydrogen-bond donors (Lipinski definition) is 1. The first-order chi connectivity index (χ1) is 6.41. The van der Waals surface area contributed by atoms with Crippen molar-refractivity contribution in [2.24, 2.45) is 0 Å². The van der Waals surface area contributed by atoms with Gasteiger partial charge in [0.05, 0.1) is 0 Å². The molecule has 0 spiro atoms. The number of halogens is 3. The molecule has 1 nitrogen and oxygen atoms in total. The molecule has 85 valence electrons. The predicted molar refractivity (Wildman–Crippen MR) is 52.3 cm³/mol. The summed E-state index contributed by atoms with van der Waals surface area (Å²) < 4.78 is 35.5. The van der Waals surface area contributed by atoms with Gasteiger partial charge in [0.1, 0.15) is 0 Å². The minimum absolute atomic E-state index is 0. The van der Waals surface area contributed by atoms with Crippen LogP contribution < -0.4 is 0 Å². The van der Waals surface area contributed by atoms with Crippen LogP contribution in [0.1, 0.15) is 4.88 Å². The zero-order valence-electron chi connectivity index (χ0n) is 7.01. The molecule has 0 aliphatic rings. The van der Waals surface area contributed by atoms with Crippen LogP contribution in [0.5, 0.6) is 0 Å². The van der Waals surface area contributed by atoms with Crippen molar-refractivity contribution in [1.29, 1.82) is 0 Å². The zero-order chi connectivity index (χ0) is 10.8. The van der Waals surface area contributed by atoms with Crippen LogP contribution in [-0.2, 0) is 21.9 Å². The fourth-order valence-corrected chi connectivity index (χ4v) is 1.69. The molecule has 0 amide bonds. The average molecular weight is 302 g/mol. The molecule has 0 aliphatic carbocycles. The molecule has 1 aromatic heterocycles. The standard InChI is InChI=1S/C8H5F3OS2.Cu/c9-8(10,11)7(12)4-5(13)6-2-1-3-14-6;/h1-4,13H;/q;+2/b5-4+;. The maximum atomic E-state index is 11.8. The Kier molecular flexibility index (Phi) is 5.66. The zero-order valence-corrected chi connectivity index (χ0v) is 9.66. The fourth-order valence-electron chi connectivity index (χ4n) is 0.701. The van der Waals surface area contributed by atoms with Crippen LogP contribution in [0.4, 0.5) is 13.2 Å². The first kappa shape index (κ1) is 14.8. The molecule has 0 atom stereocenters. The summed E-state index contributed by atoms with van der Waals surface area (Å²) >= 11 is 5.03. The van der Waals surface area contributed by atoms with Gasteiger partial charge in [-0.15, -0.1) is 24.0 Å². The second-order valence-corrected chi connectivity index (χ2v) is 3.80. The van der Waals surface area contributed by atoms with E-state index in [0.717, 1.165) is 0 Å². The molecule has 7 heteroatoms. The Hall–Kier alpha value is -0.231. The second-order valence-electron chi connectivity index (χ2n) is 2.37. The summed E-state index contributed by atoms with van der Waals surface area (Å²) in [6, 6.07) is 3.26. The van der Waals surface area contributed by atoms with E-state index >= 15 is 0 Å². The van der Waals surface area contributed by atoms with Gasteiger partial charge in [0, 0.05) is 15.9 Å². The van der Waals surface area contributed by atoms with Crippen molar-refractivity contribution in [3.05, 3.63) is 28.5 Å². The molecule has 1 radical (unpaired) electrons. The summed E-state index contributed by atoms with van der Waals surface area (Å²) in [6.07, 6.45) is -4.35. The van der Waals surface area contributed by atoms with Gasteiger partial charge >= 0.3 is 23.2 Å². The molecule has 0 unspecified atom stereocenters.